The lowest BCUT2D eigenvalue weighted by atomic mass is 10.1. The molecule has 1 atom stereocenters. The van der Waals surface area contributed by atoms with Gasteiger partial charge in [-0.25, -0.2) is 9.97 Å². The molecule has 168 valence electrons. The maximum absolute atomic E-state index is 13.0. The summed E-state index contributed by atoms with van der Waals surface area (Å²) in [6, 6.07) is 14.9. The molecule has 5 rings (SSSR count). The van der Waals surface area contributed by atoms with E-state index in [1.165, 1.54) is 0 Å². The molecule has 0 saturated carbocycles. The van der Waals surface area contributed by atoms with Gasteiger partial charge in [-0.1, -0.05) is 41.9 Å². The highest BCUT2D eigenvalue weighted by molar-refractivity contribution is 7.61. The van der Waals surface area contributed by atoms with E-state index in [9.17, 15) is 9.69 Å². The molecule has 8 nitrogen and oxygen atoms in total. The van der Waals surface area contributed by atoms with Crippen molar-refractivity contribution in [3.8, 4) is 11.1 Å². The Morgan fingerprint density at radius 1 is 1.06 bits per heavy atom. The summed E-state index contributed by atoms with van der Waals surface area (Å²) in [6.45, 7) is 2.20. The van der Waals surface area contributed by atoms with E-state index in [-0.39, 0.29) is 11.1 Å². The Kier molecular flexibility index (Phi) is 6.24. The van der Waals surface area contributed by atoms with E-state index in [2.05, 4.69) is 15.1 Å². The Morgan fingerprint density at radius 2 is 1.85 bits per heavy atom. The van der Waals surface area contributed by atoms with Crippen LogP contribution in [0.3, 0.4) is 0 Å². The monoisotopic (exact) mass is 481 g/mol. The standard InChI is InChI=1S/C23H21ClN5O3P/c24-22-19(27-33(31)18-4-2-1-3-5-18)12-17(13-26-22)16-6-7-21-25-14-20(29(21)15-16)23(30)28-8-10-32-11-9-28/h1-7,12-15,27,31H,8-11H2. The second kappa shape index (κ2) is 9.45. The summed E-state index contributed by atoms with van der Waals surface area (Å²) in [5.41, 5.74) is 3.34. The lowest BCUT2D eigenvalue weighted by Crippen LogP contribution is -2.41. The van der Waals surface area contributed by atoms with Gasteiger partial charge in [0.15, 0.2) is 13.5 Å². The van der Waals surface area contributed by atoms with Crippen molar-refractivity contribution in [3.05, 3.63) is 78.0 Å². The number of aromatic nitrogens is 3. The molecule has 3 aromatic heterocycles. The number of anilines is 1. The lowest BCUT2D eigenvalue weighted by molar-refractivity contribution is 0.0298. The van der Waals surface area contributed by atoms with Crippen LogP contribution < -0.4 is 10.4 Å². The predicted molar refractivity (Wildman–Crippen MR) is 129 cm³/mol. The number of halogens is 1. The Balaban J connectivity index is 1.45. The largest absolute Gasteiger partial charge is 0.378 e. The second-order valence-electron chi connectivity index (χ2n) is 7.52. The fourth-order valence-electron chi connectivity index (χ4n) is 3.67. The number of nitrogens with one attached hydrogen (secondary N) is 1. The summed E-state index contributed by atoms with van der Waals surface area (Å²) in [4.78, 5) is 34.1. The molecule has 2 N–H and O–H groups in total. The number of carbonyl (C=O) groups excluding carboxylic acids is 1. The van der Waals surface area contributed by atoms with Gasteiger partial charge in [-0.15, -0.1) is 0 Å². The summed E-state index contributed by atoms with van der Waals surface area (Å²) in [6.07, 6.45) is 5.13. The maximum Gasteiger partial charge on any atom is 0.272 e. The lowest BCUT2D eigenvalue weighted by Gasteiger charge is -2.26. The van der Waals surface area contributed by atoms with E-state index < -0.39 is 8.30 Å². The molecule has 4 heterocycles. The fourth-order valence-corrected chi connectivity index (χ4v) is 4.87. The Hall–Kier alpha value is -3.03. The van der Waals surface area contributed by atoms with Crippen LogP contribution in [0, 0.1) is 0 Å². The smallest absolute Gasteiger partial charge is 0.272 e. The van der Waals surface area contributed by atoms with Crippen LogP contribution in [0.4, 0.5) is 5.69 Å². The summed E-state index contributed by atoms with van der Waals surface area (Å²) in [7, 11) is -1.64. The van der Waals surface area contributed by atoms with Crippen LogP contribution in [0.25, 0.3) is 16.8 Å². The molecule has 1 aromatic carbocycles. The van der Waals surface area contributed by atoms with Gasteiger partial charge in [0.25, 0.3) is 5.91 Å². The van der Waals surface area contributed by atoms with E-state index in [0.717, 1.165) is 16.4 Å². The van der Waals surface area contributed by atoms with Gasteiger partial charge in [-0.2, -0.15) is 0 Å². The van der Waals surface area contributed by atoms with Gasteiger partial charge in [-0.3, -0.25) is 9.20 Å². The third-order valence-corrected chi connectivity index (χ3v) is 6.96. The minimum absolute atomic E-state index is 0.0756. The molecule has 1 aliphatic rings. The van der Waals surface area contributed by atoms with Gasteiger partial charge in [0, 0.05) is 41.9 Å². The van der Waals surface area contributed by atoms with Crippen molar-refractivity contribution >= 4 is 42.4 Å². The molecule has 0 bridgehead atoms. The molecule has 1 amide bonds. The highest BCUT2D eigenvalue weighted by Gasteiger charge is 2.22. The van der Waals surface area contributed by atoms with E-state index in [0.29, 0.717) is 43.3 Å². The van der Waals surface area contributed by atoms with E-state index in [4.69, 9.17) is 16.3 Å². The van der Waals surface area contributed by atoms with Crippen molar-refractivity contribution in [1.82, 2.24) is 19.3 Å². The number of hydrogen-bond donors (Lipinski definition) is 2. The van der Waals surface area contributed by atoms with E-state index >= 15 is 0 Å². The van der Waals surface area contributed by atoms with Gasteiger partial charge >= 0.3 is 0 Å². The molecule has 1 aliphatic heterocycles. The molecule has 1 unspecified atom stereocenters. The fraction of sp³-hybridized carbons (Fsp3) is 0.174. The Bertz CT molecular complexity index is 1290. The van der Waals surface area contributed by atoms with Crippen molar-refractivity contribution in [2.24, 2.45) is 0 Å². The number of morpholine rings is 1. The zero-order valence-electron chi connectivity index (χ0n) is 17.6. The zero-order chi connectivity index (χ0) is 22.8. The summed E-state index contributed by atoms with van der Waals surface area (Å²) in [5, 5.41) is 4.12. The third-order valence-electron chi connectivity index (χ3n) is 5.42. The number of nitrogens with zero attached hydrogens (tertiary/aromatic N) is 4. The molecule has 10 heteroatoms. The SMILES string of the molecule is O=C(c1cnc2ccc(-c3cnc(Cl)c(NP(O)c4ccccc4)c3)cn12)N1CCOCC1. The first-order valence-electron chi connectivity index (χ1n) is 10.4. The zero-order valence-corrected chi connectivity index (χ0v) is 19.2. The molecule has 0 radical (unpaired) electrons. The maximum atomic E-state index is 13.0. The number of benzene rings is 1. The molecule has 1 saturated heterocycles. The summed E-state index contributed by atoms with van der Waals surface area (Å²) >= 11 is 6.30. The normalized spacial score (nSPS) is 14.9. The average Bonchev–Trinajstić information content (AvgIpc) is 3.29. The quantitative estimate of drug-likeness (QED) is 0.334. The number of pyridine rings is 2. The Labute approximate surface area is 196 Å². The number of imidazole rings is 1. The molecule has 1 fully saturated rings. The van der Waals surface area contributed by atoms with Crippen molar-refractivity contribution in [2.75, 3.05) is 31.4 Å². The van der Waals surface area contributed by atoms with Crippen LogP contribution >= 0.6 is 19.9 Å². The van der Waals surface area contributed by atoms with Crippen LogP contribution in [0.5, 0.6) is 0 Å². The van der Waals surface area contributed by atoms with Crippen molar-refractivity contribution in [1.29, 1.82) is 0 Å². The number of rotatable bonds is 5. The van der Waals surface area contributed by atoms with Crippen LogP contribution in [0.15, 0.2) is 67.1 Å². The number of hydrogen-bond acceptors (Lipinski definition) is 6. The van der Waals surface area contributed by atoms with Crippen LogP contribution in [-0.2, 0) is 4.74 Å². The third kappa shape index (κ3) is 4.56. The van der Waals surface area contributed by atoms with Crippen LogP contribution in [-0.4, -0.2) is 56.4 Å². The molecule has 0 spiro atoms. The summed E-state index contributed by atoms with van der Waals surface area (Å²) in [5.74, 6) is -0.0756. The highest BCUT2D eigenvalue weighted by atomic mass is 35.5. The van der Waals surface area contributed by atoms with E-state index in [1.54, 1.807) is 21.7 Å². The van der Waals surface area contributed by atoms with Crippen LogP contribution in [0.2, 0.25) is 5.15 Å². The average molecular weight is 482 g/mol. The number of ether oxygens (including phenoxy) is 1. The van der Waals surface area contributed by atoms with Gasteiger partial charge in [-0.05, 0) is 18.2 Å². The first-order valence-corrected chi connectivity index (χ1v) is 12.1. The highest BCUT2D eigenvalue weighted by Crippen LogP contribution is 2.35. The molecule has 0 aliphatic carbocycles. The predicted octanol–water partition coefficient (Wildman–Crippen LogP) is 3.56. The second-order valence-corrected chi connectivity index (χ2v) is 9.24. The van der Waals surface area contributed by atoms with Gasteiger partial charge < -0.3 is 19.6 Å². The van der Waals surface area contributed by atoms with E-state index in [1.807, 2.05) is 54.7 Å². The minimum Gasteiger partial charge on any atom is -0.378 e. The first kappa shape index (κ1) is 21.8. The molecule has 4 aromatic rings. The molecule has 33 heavy (non-hydrogen) atoms. The number of fused-ring (bicyclic) bond motifs is 1. The Morgan fingerprint density at radius 3 is 2.64 bits per heavy atom. The summed E-state index contributed by atoms with van der Waals surface area (Å²) < 4.78 is 7.14. The first-order chi connectivity index (χ1) is 16.1. The van der Waals surface area contributed by atoms with Gasteiger partial charge in [0.05, 0.1) is 25.1 Å². The number of carbonyl (C=O) groups is 1. The van der Waals surface area contributed by atoms with Crippen molar-refractivity contribution in [2.45, 2.75) is 0 Å². The minimum atomic E-state index is -1.64. The van der Waals surface area contributed by atoms with Crippen molar-refractivity contribution < 1.29 is 14.4 Å². The molecular weight excluding hydrogens is 461 g/mol. The topological polar surface area (TPSA) is 92.0 Å². The number of amides is 1. The van der Waals surface area contributed by atoms with Gasteiger partial charge in [0.1, 0.15) is 11.3 Å². The van der Waals surface area contributed by atoms with Crippen LogP contribution in [0.1, 0.15) is 10.5 Å². The van der Waals surface area contributed by atoms with Gasteiger partial charge in [0.2, 0.25) is 0 Å². The molecular formula is C23H21ClN5O3P. The van der Waals surface area contributed by atoms with Crippen molar-refractivity contribution in [3.63, 3.8) is 0 Å².